The van der Waals surface area contributed by atoms with Crippen LogP contribution >= 0.6 is 24.4 Å². The number of hydrogen-bond donors (Lipinski definition) is 4. The van der Waals surface area contributed by atoms with Crippen molar-refractivity contribution in [2.24, 2.45) is 5.92 Å². The molecule has 0 spiro atoms. The highest BCUT2D eigenvalue weighted by molar-refractivity contribution is 7.72. The van der Waals surface area contributed by atoms with Crippen LogP contribution in [0.4, 0.5) is 4.39 Å². The maximum atomic E-state index is 13.6. The minimum Gasteiger partial charge on any atom is -0.396 e. The van der Waals surface area contributed by atoms with Gasteiger partial charge in [-0.15, -0.1) is 0 Å². The summed E-state index contributed by atoms with van der Waals surface area (Å²) in [6.45, 7) is 0.680. The summed E-state index contributed by atoms with van der Waals surface area (Å²) in [5.41, 5.74) is -1.52. The number of H-pyrrole nitrogens is 1. The Morgan fingerprint density at radius 1 is 1.45 bits per heavy atom. The molecular formula is C11H15FN2O4S2. The Morgan fingerprint density at radius 2 is 2.10 bits per heavy atom. The number of hydrogen-bond acceptors (Lipinski definition) is 6. The first-order valence-electron chi connectivity index (χ1n) is 5.93. The lowest BCUT2D eigenvalue weighted by molar-refractivity contribution is -0.0931. The van der Waals surface area contributed by atoms with Crippen LogP contribution in [0.5, 0.6) is 0 Å². The average molecular weight is 322 g/mol. The molecule has 0 saturated carbocycles. The van der Waals surface area contributed by atoms with Gasteiger partial charge in [-0.05, 0) is 19.1 Å². The molecule has 1 aromatic rings. The van der Waals surface area contributed by atoms with Crippen LogP contribution in [-0.4, -0.2) is 49.8 Å². The monoisotopic (exact) mass is 322 g/mol. The van der Waals surface area contributed by atoms with Gasteiger partial charge in [-0.3, -0.25) is 4.57 Å². The second kappa shape index (κ2) is 5.58. The third-order valence-corrected chi connectivity index (χ3v) is 4.17. The first-order valence-corrected chi connectivity index (χ1v) is 6.75. The maximum Gasteiger partial charge on any atom is 0.180 e. The van der Waals surface area contributed by atoms with Gasteiger partial charge in [-0.1, -0.05) is 12.2 Å². The van der Waals surface area contributed by atoms with Gasteiger partial charge in [-0.2, -0.15) is 0 Å². The third-order valence-electron chi connectivity index (χ3n) is 3.56. The van der Waals surface area contributed by atoms with Crippen LogP contribution in [-0.2, 0) is 4.74 Å². The summed E-state index contributed by atoms with van der Waals surface area (Å²) in [5.74, 6) is -1.42. The first-order chi connectivity index (χ1) is 9.32. The van der Waals surface area contributed by atoms with E-state index in [1.165, 1.54) is 11.5 Å². The number of aromatic nitrogens is 2. The molecule has 4 N–H and O–H groups in total. The number of halogens is 1. The fourth-order valence-corrected chi connectivity index (χ4v) is 2.88. The molecular weight excluding hydrogens is 307 g/mol. The fraction of sp³-hybridized carbons (Fsp3) is 0.636. The second-order valence-corrected chi connectivity index (χ2v) is 5.66. The second-order valence-electron chi connectivity index (χ2n) is 4.87. The predicted molar refractivity (Wildman–Crippen MR) is 72.6 cm³/mol. The Bertz CT molecular complexity index is 615. The molecule has 4 atom stereocenters. The van der Waals surface area contributed by atoms with Crippen LogP contribution in [0.2, 0.25) is 0 Å². The molecule has 1 saturated heterocycles. The van der Waals surface area contributed by atoms with Gasteiger partial charge in [0.2, 0.25) is 0 Å². The van der Waals surface area contributed by atoms with Crippen molar-refractivity contribution in [3.63, 3.8) is 0 Å². The zero-order valence-corrected chi connectivity index (χ0v) is 12.2. The molecule has 112 valence electrons. The number of ether oxygens (including phenoxy) is 1. The van der Waals surface area contributed by atoms with Crippen molar-refractivity contribution >= 4 is 24.4 Å². The first kappa shape index (κ1) is 15.7. The van der Waals surface area contributed by atoms with Crippen LogP contribution in [0.3, 0.4) is 0 Å². The van der Waals surface area contributed by atoms with E-state index in [4.69, 9.17) is 29.2 Å². The van der Waals surface area contributed by atoms with E-state index >= 15 is 0 Å². The summed E-state index contributed by atoms with van der Waals surface area (Å²) in [6.07, 6.45) is -0.770. The van der Waals surface area contributed by atoms with Gasteiger partial charge in [0.25, 0.3) is 0 Å². The molecule has 1 fully saturated rings. The van der Waals surface area contributed by atoms with Crippen LogP contribution < -0.4 is 0 Å². The van der Waals surface area contributed by atoms with Gasteiger partial charge in [-0.25, -0.2) is 4.39 Å². The molecule has 0 aliphatic carbocycles. The van der Waals surface area contributed by atoms with Gasteiger partial charge in [0.05, 0.1) is 19.3 Å². The minimum atomic E-state index is -1.52. The lowest BCUT2D eigenvalue weighted by Crippen LogP contribution is -2.42. The molecule has 0 radical (unpaired) electrons. The van der Waals surface area contributed by atoms with Gasteiger partial charge in [0, 0.05) is 12.1 Å². The van der Waals surface area contributed by atoms with Gasteiger partial charge in [0.1, 0.15) is 10.2 Å². The lowest BCUT2D eigenvalue weighted by Gasteiger charge is -2.29. The van der Waals surface area contributed by atoms with Crippen molar-refractivity contribution in [2.45, 2.75) is 24.9 Å². The van der Waals surface area contributed by atoms with Gasteiger partial charge in [0.15, 0.2) is 16.8 Å². The molecule has 1 aliphatic heterocycles. The highest BCUT2D eigenvalue weighted by atomic mass is 32.1. The fourth-order valence-electron chi connectivity index (χ4n) is 2.41. The van der Waals surface area contributed by atoms with Gasteiger partial charge < -0.3 is 25.0 Å². The normalized spacial score (nSPS) is 33.5. The molecule has 0 aromatic carbocycles. The average Bonchev–Trinajstić information content (AvgIpc) is 2.64. The molecule has 0 bridgehead atoms. The molecule has 2 unspecified atom stereocenters. The highest BCUT2D eigenvalue weighted by Gasteiger charge is 2.53. The van der Waals surface area contributed by atoms with Gasteiger partial charge >= 0.3 is 0 Å². The summed E-state index contributed by atoms with van der Waals surface area (Å²) < 4.78 is 20.2. The van der Waals surface area contributed by atoms with Crippen LogP contribution in [0, 0.1) is 21.1 Å². The maximum absolute atomic E-state index is 13.6. The molecule has 6 nitrogen and oxygen atoms in total. The zero-order valence-electron chi connectivity index (χ0n) is 10.6. The smallest absolute Gasteiger partial charge is 0.180 e. The van der Waals surface area contributed by atoms with E-state index in [1.54, 1.807) is 0 Å². The third kappa shape index (κ3) is 2.45. The summed E-state index contributed by atoms with van der Waals surface area (Å²) in [6, 6.07) is 0. The van der Waals surface area contributed by atoms with Crippen LogP contribution in [0.25, 0.3) is 0 Å². The topological polar surface area (TPSA) is 90.6 Å². The van der Waals surface area contributed by atoms with Crippen LogP contribution in [0.15, 0.2) is 6.20 Å². The number of nitrogens with zero attached hydrogens (tertiary/aromatic N) is 1. The van der Waals surface area contributed by atoms with Crippen LogP contribution in [0.1, 0.15) is 13.2 Å². The van der Waals surface area contributed by atoms with E-state index in [0.717, 1.165) is 6.20 Å². The summed E-state index contributed by atoms with van der Waals surface area (Å²) in [5, 5.41) is 29.1. The van der Waals surface area contributed by atoms with Crippen molar-refractivity contribution in [3.8, 4) is 0 Å². The molecule has 9 heteroatoms. The van der Waals surface area contributed by atoms with Crippen molar-refractivity contribution in [3.05, 3.63) is 21.4 Å². The molecule has 1 aromatic heterocycles. The number of aliphatic hydroxyl groups is 3. The lowest BCUT2D eigenvalue weighted by atomic mass is 9.87. The predicted octanol–water partition coefficient (Wildman–Crippen LogP) is 0.663. The molecule has 20 heavy (non-hydrogen) atoms. The van der Waals surface area contributed by atoms with Crippen molar-refractivity contribution in [1.29, 1.82) is 0 Å². The number of rotatable bonds is 3. The Labute approximate surface area is 124 Å². The molecule has 2 heterocycles. The van der Waals surface area contributed by atoms with E-state index < -0.39 is 29.7 Å². The largest absolute Gasteiger partial charge is 0.396 e. The molecule has 2 rings (SSSR count). The Balaban J connectivity index is 2.51. The standard InChI is InChI=1S/C11H15FN2O4S2/c1-11(17)5(3-15)7(4-16)18-9(11)14-2-6(12)8(19)13-10(14)20/h2,5,7,9,15-17H,3-4H2,1H3,(H,13,19,20)/t5?,7-,9-,11?/m1/s1. The van der Waals surface area contributed by atoms with E-state index in [9.17, 15) is 19.7 Å². The minimum absolute atomic E-state index is 0.0805. The Morgan fingerprint density at radius 3 is 2.60 bits per heavy atom. The summed E-state index contributed by atoms with van der Waals surface area (Å²) in [7, 11) is 0. The van der Waals surface area contributed by atoms with Crippen molar-refractivity contribution < 1.29 is 24.4 Å². The van der Waals surface area contributed by atoms with Crippen molar-refractivity contribution in [2.75, 3.05) is 13.2 Å². The van der Waals surface area contributed by atoms with Crippen molar-refractivity contribution in [1.82, 2.24) is 9.55 Å². The number of nitrogens with one attached hydrogen (secondary N) is 1. The van der Waals surface area contributed by atoms with E-state index in [0.29, 0.717) is 0 Å². The molecule has 0 amide bonds. The Kier molecular flexibility index (Phi) is 4.38. The summed E-state index contributed by atoms with van der Waals surface area (Å²) >= 11 is 9.78. The summed E-state index contributed by atoms with van der Waals surface area (Å²) in [4.78, 5) is 2.49. The Hall–Kier alpha value is -0.710. The van der Waals surface area contributed by atoms with E-state index in [-0.39, 0.29) is 22.6 Å². The number of aliphatic hydroxyl groups excluding tert-OH is 2. The highest BCUT2D eigenvalue weighted by Crippen LogP contribution is 2.42. The zero-order chi connectivity index (χ0) is 15.1. The van der Waals surface area contributed by atoms with E-state index in [1.807, 2.05) is 0 Å². The van der Waals surface area contributed by atoms with E-state index in [2.05, 4.69) is 4.98 Å². The molecule has 1 aliphatic rings. The number of aromatic amines is 1. The SMILES string of the molecule is CC1(O)C(CO)[C@@H](CO)O[C@H]1n1cc(F)c(=S)[nH]c1=S. The quantitative estimate of drug-likeness (QED) is 0.611.